The van der Waals surface area contributed by atoms with E-state index in [9.17, 15) is 5.11 Å². The number of likely N-dealkylation sites (tertiary alicyclic amines) is 1. The highest BCUT2D eigenvalue weighted by atomic mass is 16.3. The summed E-state index contributed by atoms with van der Waals surface area (Å²) in [6, 6.07) is 18.5. The van der Waals surface area contributed by atoms with Gasteiger partial charge in [-0.2, -0.15) is 0 Å². The standard InChI is InChI=1S/C20H25NO/c22-20-10-4-9-19(16-20)18-11-14-21(15-12-18)13-5-8-17-6-2-1-3-7-17/h1-4,6-7,9-10,16,18,22H,5,8,11-15H2. The molecule has 0 aliphatic carbocycles. The second-order valence-electron chi connectivity index (χ2n) is 6.30. The average molecular weight is 295 g/mol. The van der Waals surface area contributed by atoms with Crippen molar-refractivity contribution in [2.45, 2.75) is 31.6 Å². The summed E-state index contributed by atoms with van der Waals surface area (Å²) in [4.78, 5) is 2.59. The minimum Gasteiger partial charge on any atom is -0.508 e. The van der Waals surface area contributed by atoms with Crippen LogP contribution in [0.5, 0.6) is 5.75 Å². The maximum Gasteiger partial charge on any atom is 0.115 e. The van der Waals surface area contributed by atoms with E-state index in [0.717, 1.165) is 0 Å². The van der Waals surface area contributed by atoms with Crippen molar-refractivity contribution >= 4 is 0 Å². The van der Waals surface area contributed by atoms with E-state index in [2.05, 4.69) is 41.3 Å². The summed E-state index contributed by atoms with van der Waals surface area (Å²) in [5.41, 5.74) is 2.74. The minimum atomic E-state index is 0.391. The van der Waals surface area contributed by atoms with E-state index < -0.39 is 0 Å². The predicted molar refractivity (Wildman–Crippen MR) is 91.3 cm³/mol. The van der Waals surface area contributed by atoms with E-state index in [1.807, 2.05) is 12.1 Å². The zero-order chi connectivity index (χ0) is 15.2. The number of benzene rings is 2. The molecule has 1 saturated heterocycles. The molecule has 3 rings (SSSR count). The highest BCUT2D eigenvalue weighted by Crippen LogP contribution is 2.29. The SMILES string of the molecule is Oc1cccc(C2CCN(CCCc3ccccc3)CC2)c1. The third-order valence-corrected chi connectivity index (χ3v) is 4.71. The lowest BCUT2D eigenvalue weighted by Gasteiger charge is -2.32. The molecule has 1 fully saturated rings. The topological polar surface area (TPSA) is 23.5 Å². The first-order valence-corrected chi connectivity index (χ1v) is 8.36. The van der Waals surface area contributed by atoms with Crippen molar-refractivity contribution < 1.29 is 5.11 Å². The second kappa shape index (κ2) is 7.46. The van der Waals surface area contributed by atoms with Crippen LogP contribution >= 0.6 is 0 Å². The van der Waals surface area contributed by atoms with Gasteiger partial charge in [0.05, 0.1) is 0 Å². The summed E-state index contributed by atoms with van der Waals surface area (Å²) in [5, 5.41) is 9.61. The van der Waals surface area contributed by atoms with E-state index in [4.69, 9.17) is 0 Å². The summed E-state index contributed by atoms with van der Waals surface area (Å²) in [5.74, 6) is 1.00. The van der Waals surface area contributed by atoms with Gasteiger partial charge in [0.15, 0.2) is 0 Å². The van der Waals surface area contributed by atoms with Crippen molar-refractivity contribution in [2.24, 2.45) is 0 Å². The summed E-state index contributed by atoms with van der Waals surface area (Å²) in [6.07, 6.45) is 4.82. The molecule has 2 nitrogen and oxygen atoms in total. The molecule has 0 amide bonds. The first-order chi connectivity index (χ1) is 10.8. The molecule has 0 radical (unpaired) electrons. The highest BCUT2D eigenvalue weighted by molar-refractivity contribution is 5.30. The number of piperidine rings is 1. The number of phenols is 1. The molecule has 116 valence electrons. The predicted octanol–water partition coefficient (Wildman–Crippen LogP) is 4.20. The smallest absolute Gasteiger partial charge is 0.115 e. The van der Waals surface area contributed by atoms with Crippen molar-refractivity contribution in [3.8, 4) is 5.75 Å². The average Bonchev–Trinajstić information content (AvgIpc) is 2.56. The molecule has 0 aromatic heterocycles. The van der Waals surface area contributed by atoms with Gasteiger partial charge < -0.3 is 10.0 Å². The van der Waals surface area contributed by atoms with Gasteiger partial charge in [0.25, 0.3) is 0 Å². The Bertz CT molecular complexity index is 573. The van der Waals surface area contributed by atoms with Crippen molar-refractivity contribution in [2.75, 3.05) is 19.6 Å². The first kappa shape index (κ1) is 15.1. The Kier molecular flexibility index (Phi) is 5.12. The van der Waals surface area contributed by atoms with Crippen molar-refractivity contribution in [3.63, 3.8) is 0 Å². The van der Waals surface area contributed by atoms with Crippen LogP contribution in [-0.2, 0) is 6.42 Å². The van der Waals surface area contributed by atoms with Crippen molar-refractivity contribution in [1.82, 2.24) is 4.90 Å². The lowest BCUT2D eigenvalue weighted by Crippen LogP contribution is -2.33. The fourth-order valence-electron chi connectivity index (χ4n) is 3.42. The van der Waals surface area contributed by atoms with Gasteiger partial charge >= 0.3 is 0 Å². The van der Waals surface area contributed by atoms with Crippen LogP contribution in [0, 0.1) is 0 Å². The quantitative estimate of drug-likeness (QED) is 0.893. The molecule has 0 atom stereocenters. The third-order valence-electron chi connectivity index (χ3n) is 4.71. The van der Waals surface area contributed by atoms with E-state index in [0.29, 0.717) is 11.7 Å². The molecule has 1 heterocycles. The normalized spacial score (nSPS) is 16.7. The van der Waals surface area contributed by atoms with Crippen molar-refractivity contribution in [1.29, 1.82) is 0 Å². The molecule has 1 aliphatic heterocycles. The molecular formula is C20H25NO. The van der Waals surface area contributed by atoms with Crippen LogP contribution in [0.25, 0.3) is 0 Å². The van der Waals surface area contributed by atoms with Gasteiger partial charge in [0, 0.05) is 0 Å². The van der Waals surface area contributed by atoms with Gasteiger partial charge in [-0.1, -0.05) is 42.5 Å². The zero-order valence-corrected chi connectivity index (χ0v) is 13.1. The third kappa shape index (κ3) is 4.11. The number of hydrogen-bond donors (Lipinski definition) is 1. The molecular weight excluding hydrogens is 270 g/mol. The number of rotatable bonds is 5. The maximum atomic E-state index is 9.61. The molecule has 0 unspecified atom stereocenters. The zero-order valence-electron chi connectivity index (χ0n) is 13.1. The van der Waals surface area contributed by atoms with Crippen LogP contribution in [-0.4, -0.2) is 29.6 Å². The Morgan fingerprint density at radius 3 is 2.45 bits per heavy atom. The monoisotopic (exact) mass is 295 g/mol. The number of phenolic OH excluding ortho intramolecular Hbond substituents is 1. The van der Waals surface area contributed by atoms with Crippen LogP contribution < -0.4 is 0 Å². The number of aryl methyl sites for hydroxylation is 1. The van der Waals surface area contributed by atoms with Crippen LogP contribution in [0.15, 0.2) is 54.6 Å². The first-order valence-electron chi connectivity index (χ1n) is 8.36. The van der Waals surface area contributed by atoms with Crippen LogP contribution in [0.3, 0.4) is 0 Å². The summed E-state index contributed by atoms with van der Waals surface area (Å²) in [6.45, 7) is 3.55. The molecule has 1 N–H and O–H groups in total. The Hall–Kier alpha value is -1.80. The van der Waals surface area contributed by atoms with Gasteiger partial charge in [-0.3, -0.25) is 0 Å². The summed E-state index contributed by atoms with van der Waals surface area (Å²) < 4.78 is 0. The van der Waals surface area contributed by atoms with Crippen LogP contribution in [0.1, 0.15) is 36.3 Å². The summed E-state index contributed by atoms with van der Waals surface area (Å²) in [7, 11) is 0. The number of nitrogens with zero attached hydrogens (tertiary/aromatic N) is 1. The van der Waals surface area contributed by atoms with Gasteiger partial charge in [-0.25, -0.2) is 0 Å². The lowest BCUT2D eigenvalue weighted by atomic mass is 9.89. The summed E-state index contributed by atoms with van der Waals surface area (Å²) >= 11 is 0. The van der Waals surface area contributed by atoms with Crippen LogP contribution in [0.2, 0.25) is 0 Å². The van der Waals surface area contributed by atoms with E-state index >= 15 is 0 Å². The Morgan fingerprint density at radius 1 is 0.955 bits per heavy atom. The Labute approximate surface area is 133 Å². The second-order valence-corrected chi connectivity index (χ2v) is 6.30. The maximum absolute atomic E-state index is 9.61. The largest absolute Gasteiger partial charge is 0.508 e. The van der Waals surface area contributed by atoms with E-state index in [1.54, 1.807) is 6.07 Å². The van der Waals surface area contributed by atoms with E-state index in [-0.39, 0.29) is 0 Å². The van der Waals surface area contributed by atoms with Crippen molar-refractivity contribution in [3.05, 3.63) is 65.7 Å². The van der Waals surface area contributed by atoms with Gasteiger partial charge in [0.2, 0.25) is 0 Å². The highest BCUT2D eigenvalue weighted by Gasteiger charge is 2.20. The molecule has 22 heavy (non-hydrogen) atoms. The Morgan fingerprint density at radius 2 is 1.73 bits per heavy atom. The fraction of sp³-hybridized carbons (Fsp3) is 0.400. The van der Waals surface area contributed by atoms with Gasteiger partial charge in [-0.15, -0.1) is 0 Å². The van der Waals surface area contributed by atoms with Gasteiger partial charge in [-0.05, 0) is 74.5 Å². The molecule has 0 bridgehead atoms. The molecule has 0 saturated carbocycles. The molecule has 2 heteroatoms. The molecule has 1 aliphatic rings. The fourth-order valence-corrected chi connectivity index (χ4v) is 3.42. The van der Waals surface area contributed by atoms with Crippen LogP contribution in [0.4, 0.5) is 0 Å². The number of aromatic hydroxyl groups is 1. The number of hydrogen-bond acceptors (Lipinski definition) is 2. The van der Waals surface area contributed by atoms with Gasteiger partial charge in [0.1, 0.15) is 5.75 Å². The molecule has 0 spiro atoms. The molecule has 2 aromatic carbocycles. The minimum absolute atomic E-state index is 0.391. The Balaban J connectivity index is 1.42. The van der Waals surface area contributed by atoms with E-state index in [1.165, 1.54) is 56.4 Å². The lowest BCUT2D eigenvalue weighted by molar-refractivity contribution is 0.210. The molecule has 2 aromatic rings.